The summed E-state index contributed by atoms with van der Waals surface area (Å²) in [5, 5.41) is 0. The number of nitrogens with zero attached hydrogens (tertiary/aromatic N) is 2. The topological polar surface area (TPSA) is 6.48 Å². The third-order valence-corrected chi connectivity index (χ3v) is 3.95. The Morgan fingerprint density at radius 2 is 2.00 bits per heavy atom. The normalized spacial score (nSPS) is 22.6. The third kappa shape index (κ3) is 3.33. The predicted octanol–water partition coefficient (Wildman–Crippen LogP) is 3.02. The van der Waals surface area contributed by atoms with E-state index >= 15 is 0 Å². The maximum absolute atomic E-state index is 2.67. The van der Waals surface area contributed by atoms with Gasteiger partial charge in [-0.2, -0.15) is 0 Å². The quantitative estimate of drug-likeness (QED) is 0.788. The van der Waals surface area contributed by atoms with Crippen LogP contribution >= 0.6 is 0 Å². The SMILES string of the molecule is CC[C@@H](c1ccccc1)N1CC[C@H](CN(C)C)C1. The minimum atomic E-state index is 0.610. The highest BCUT2D eigenvalue weighted by Gasteiger charge is 2.28. The minimum absolute atomic E-state index is 0.610. The van der Waals surface area contributed by atoms with Gasteiger partial charge in [0.25, 0.3) is 0 Å². The lowest BCUT2D eigenvalue weighted by Crippen LogP contribution is -2.28. The van der Waals surface area contributed by atoms with Crippen molar-refractivity contribution in [3.63, 3.8) is 0 Å². The summed E-state index contributed by atoms with van der Waals surface area (Å²) in [6.07, 6.45) is 2.56. The monoisotopic (exact) mass is 246 g/mol. The Morgan fingerprint density at radius 3 is 2.61 bits per heavy atom. The fourth-order valence-electron chi connectivity index (χ4n) is 3.19. The molecule has 0 bridgehead atoms. The highest BCUT2D eigenvalue weighted by atomic mass is 15.2. The molecule has 1 aliphatic rings. The molecule has 0 unspecified atom stereocenters. The molecule has 0 saturated carbocycles. The van der Waals surface area contributed by atoms with E-state index in [0.29, 0.717) is 6.04 Å². The molecular weight excluding hydrogens is 220 g/mol. The van der Waals surface area contributed by atoms with Crippen LogP contribution in [0.25, 0.3) is 0 Å². The van der Waals surface area contributed by atoms with Gasteiger partial charge in [-0.15, -0.1) is 0 Å². The van der Waals surface area contributed by atoms with Crippen molar-refractivity contribution in [1.29, 1.82) is 0 Å². The molecule has 0 aromatic heterocycles. The molecule has 2 nitrogen and oxygen atoms in total. The van der Waals surface area contributed by atoms with Crippen LogP contribution in [-0.2, 0) is 0 Å². The van der Waals surface area contributed by atoms with Gasteiger partial charge in [0.15, 0.2) is 0 Å². The standard InChI is InChI=1S/C16H26N2/c1-4-16(15-8-6-5-7-9-15)18-11-10-14(13-18)12-17(2)3/h5-9,14,16H,4,10-13H2,1-3H3/t14-,16+/m1/s1. The van der Waals surface area contributed by atoms with Crippen molar-refractivity contribution in [2.24, 2.45) is 5.92 Å². The fourth-order valence-corrected chi connectivity index (χ4v) is 3.19. The number of benzene rings is 1. The first kappa shape index (κ1) is 13.6. The lowest BCUT2D eigenvalue weighted by atomic mass is 10.0. The number of rotatable bonds is 5. The van der Waals surface area contributed by atoms with Crippen molar-refractivity contribution in [2.75, 3.05) is 33.7 Å². The van der Waals surface area contributed by atoms with Crippen molar-refractivity contribution in [3.05, 3.63) is 35.9 Å². The van der Waals surface area contributed by atoms with E-state index in [9.17, 15) is 0 Å². The Bertz CT molecular complexity index is 347. The summed E-state index contributed by atoms with van der Waals surface area (Å²) in [6, 6.07) is 11.6. The Kier molecular flexibility index (Phi) is 4.79. The molecule has 0 radical (unpaired) electrons. The van der Waals surface area contributed by atoms with Gasteiger partial charge in [-0.25, -0.2) is 0 Å². The number of likely N-dealkylation sites (tertiary alicyclic amines) is 1. The summed E-state index contributed by atoms with van der Waals surface area (Å²) in [5.41, 5.74) is 1.48. The van der Waals surface area contributed by atoms with Crippen LogP contribution in [0, 0.1) is 5.92 Å². The van der Waals surface area contributed by atoms with Crippen molar-refractivity contribution in [1.82, 2.24) is 9.80 Å². The molecule has 1 aromatic carbocycles. The van der Waals surface area contributed by atoms with Crippen LogP contribution in [-0.4, -0.2) is 43.5 Å². The lowest BCUT2D eigenvalue weighted by Gasteiger charge is -2.27. The van der Waals surface area contributed by atoms with Crippen LogP contribution in [0.4, 0.5) is 0 Å². The average molecular weight is 246 g/mol. The summed E-state index contributed by atoms with van der Waals surface area (Å²) < 4.78 is 0. The molecule has 0 spiro atoms. The van der Waals surface area contributed by atoms with Gasteiger partial charge in [0, 0.05) is 19.1 Å². The van der Waals surface area contributed by atoms with Gasteiger partial charge in [-0.05, 0) is 45.0 Å². The first-order valence-electron chi connectivity index (χ1n) is 7.14. The highest BCUT2D eigenvalue weighted by Crippen LogP contribution is 2.30. The zero-order chi connectivity index (χ0) is 13.0. The Hall–Kier alpha value is -0.860. The van der Waals surface area contributed by atoms with Crippen LogP contribution < -0.4 is 0 Å². The van der Waals surface area contributed by atoms with Crippen LogP contribution in [0.3, 0.4) is 0 Å². The lowest BCUT2D eigenvalue weighted by molar-refractivity contribution is 0.221. The highest BCUT2D eigenvalue weighted by molar-refractivity contribution is 5.19. The molecule has 2 atom stereocenters. The largest absolute Gasteiger partial charge is 0.309 e. The molecule has 100 valence electrons. The van der Waals surface area contributed by atoms with Crippen LogP contribution in [0.15, 0.2) is 30.3 Å². The zero-order valence-corrected chi connectivity index (χ0v) is 12.0. The summed E-state index contributed by atoms with van der Waals surface area (Å²) in [5.74, 6) is 0.845. The van der Waals surface area contributed by atoms with Crippen LogP contribution in [0.5, 0.6) is 0 Å². The van der Waals surface area contributed by atoms with Gasteiger partial charge < -0.3 is 4.90 Å². The van der Waals surface area contributed by atoms with Gasteiger partial charge in [0.2, 0.25) is 0 Å². The molecule has 18 heavy (non-hydrogen) atoms. The molecule has 1 aromatic rings. The second-order valence-corrected chi connectivity index (χ2v) is 5.75. The third-order valence-electron chi connectivity index (χ3n) is 3.95. The second kappa shape index (κ2) is 6.35. The van der Waals surface area contributed by atoms with E-state index in [1.807, 2.05) is 0 Å². The van der Waals surface area contributed by atoms with E-state index in [1.165, 1.54) is 38.0 Å². The Morgan fingerprint density at radius 1 is 1.28 bits per heavy atom. The van der Waals surface area contributed by atoms with E-state index in [0.717, 1.165) is 5.92 Å². The van der Waals surface area contributed by atoms with Gasteiger partial charge >= 0.3 is 0 Å². The van der Waals surface area contributed by atoms with Crippen LogP contribution in [0.1, 0.15) is 31.4 Å². The smallest absolute Gasteiger partial charge is 0.0345 e. The van der Waals surface area contributed by atoms with Crippen LogP contribution in [0.2, 0.25) is 0 Å². The summed E-state index contributed by atoms with van der Waals surface area (Å²) in [7, 11) is 4.36. The number of hydrogen-bond donors (Lipinski definition) is 0. The molecule has 1 fully saturated rings. The van der Waals surface area contributed by atoms with Gasteiger partial charge in [-0.1, -0.05) is 37.3 Å². The number of hydrogen-bond acceptors (Lipinski definition) is 2. The summed E-state index contributed by atoms with van der Waals surface area (Å²) in [4.78, 5) is 4.99. The van der Waals surface area contributed by atoms with Crippen molar-refractivity contribution >= 4 is 0 Å². The zero-order valence-electron chi connectivity index (χ0n) is 12.0. The molecule has 0 amide bonds. The minimum Gasteiger partial charge on any atom is -0.309 e. The molecule has 1 heterocycles. The molecule has 0 N–H and O–H groups in total. The molecular formula is C16H26N2. The van der Waals surface area contributed by atoms with E-state index in [1.54, 1.807) is 0 Å². The van der Waals surface area contributed by atoms with Gasteiger partial charge in [-0.3, -0.25) is 4.90 Å². The van der Waals surface area contributed by atoms with Crippen molar-refractivity contribution in [2.45, 2.75) is 25.8 Å². The van der Waals surface area contributed by atoms with E-state index in [-0.39, 0.29) is 0 Å². The fraction of sp³-hybridized carbons (Fsp3) is 0.625. The summed E-state index contributed by atoms with van der Waals surface area (Å²) >= 11 is 0. The first-order valence-corrected chi connectivity index (χ1v) is 7.14. The predicted molar refractivity (Wildman–Crippen MR) is 77.7 cm³/mol. The molecule has 1 aliphatic heterocycles. The van der Waals surface area contributed by atoms with E-state index in [4.69, 9.17) is 0 Å². The first-order chi connectivity index (χ1) is 8.70. The molecule has 1 saturated heterocycles. The second-order valence-electron chi connectivity index (χ2n) is 5.75. The summed E-state index contributed by atoms with van der Waals surface area (Å²) in [6.45, 7) is 6.04. The van der Waals surface area contributed by atoms with Gasteiger partial charge in [0.1, 0.15) is 0 Å². The molecule has 0 aliphatic carbocycles. The van der Waals surface area contributed by atoms with Gasteiger partial charge in [0.05, 0.1) is 0 Å². The van der Waals surface area contributed by atoms with E-state index in [2.05, 4.69) is 61.2 Å². The van der Waals surface area contributed by atoms with Crippen molar-refractivity contribution < 1.29 is 0 Å². The maximum atomic E-state index is 2.67. The molecule has 2 heteroatoms. The van der Waals surface area contributed by atoms with E-state index < -0.39 is 0 Å². The Labute approximate surface area is 112 Å². The average Bonchev–Trinajstić information content (AvgIpc) is 2.79. The Balaban J connectivity index is 1.98. The molecule has 2 rings (SSSR count). The van der Waals surface area contributed by atoms with Crippen molar-refractivity contribution in [3.8, 4) is 0 Å². The maximum Gasteiger partial charge on any atom is 0.0345 e.